The van der Waals surface area contributed by atoms with Gasteiger partial charge in [-0.2, -0.15) is 0 Å². The van der Waals surface area contributed by atoms with Gasteiger partial charge in [-0.3, -0.25) is 0 Å². The summed E-state index contributed by atoms with van der Waals surface area (Å²) in [6.07, 6.45) is 4.40. The van der Waals surface area contributed by atoms with Gasteiger partial charge in [0.1, 0.15) is 0 Å². The van der Waals surface area contributed by atoms with E-state index in [9.17, 15) is 13.6 Å². The molecule has 1 N–H and O–H groups in total. The second-order valence-corrected chi connectivity index (χ2v) is 4.04. The zero-order valence-electron chi connectivity index (χ0n) is 9.96. The molecule has 1 saturated carbocycles. The van der Waals surface area contributed by atoms with E-state index in [1.807, 2.05) is 6.92 Å². The molecule has 94 valence electrons. The third-order valence-corrected chi connectivity index (χ3v) is 2.61. The molecular formula is C13H16F2O2. The minimum atomic E-state index is -2.82. The molecular weight excluding hydrogens is 226 g/mol. The van der Waals surface area contributed by atoms with E-state index in [0.29, 0.717) is 12.0 Å². The number of carboxylic acids is 1. The van der Waals surface area contributed by atoms with Gasteiger partial charge in [-0.15, -0.1) is 0 Å². The number of alkyl halides is 2. The van der Waals surface area contributed by atoms with Crippen LogP contribution in [0, 0.1) is 0 Å². The average molecular weight is 242 g/mol. The van der Waals surface area contributed by atoms with E-state index in [1.54, 1.807) is 19.1 Å². The molecule has 17 heavy (non-hydrogen) atoms. The van der Waals surface area contributed by atoms with Crippen LogP contribution >= 0.6 is 0 Å². The Labute approximate surface area is 99.3 Å². The Morgan fingerprint density at radius 3 is 2.59 bits per heavy atom. The van der Waals surface area contributed by atoms with E-state index < -0.39 is 18.3 Å². The molecule has 0 atom stereocenters. The van der Waals surface area contributed by atoms with E-state index in [2.05, 4.69) is 0 Å². The van der Waals surface area contributed by atoms with Gasteiger partial charge in [-0.1, -0.05) is 25.2 Å². The molecule has 1 rings (SSSR count). The zero-order valence-corrected chi connectivity index (χ0v) is 9.96. The molecule has 0 radical (unpaired) electrons. The zero-order chi connectivity index (χ0) is 13.1. The lowest BCUT2D eigenvalue weighted by Crippen LogP contribution is -2.08. The first-order valence-corrected chi connectivity index (χ1v) is 5.57. The maximum atomic E-state index is 13.3. The number of carboxylic acid groups (broad SMARTS) is 1. The fourth-order valence-electron chi connectivity index (χ4n) is 2.00. The summed E-state index contributed by atoms with van der Waals surface area (Å²) in [5.41, 5.74) is 0.708. The molecule has 0 aromatic rings. The summed E-state index contributed by atoms with van der Waals surface area (Å²) < 4.78 is 26.7. The van der Waals surface area contributed by atoms with Crippen LogP contribution in [0.15, 0.2) is 34.9 Å². The fraction of sp³-hybridized carbons (Fsp3) is 0.462. The van der Waals surface area contributed by atoms with Crippen LogP contribution < -0.4 is 0 Å². The molecule has 0 saturated heterocycles. The smallest absolute Gasteiger partial charge is 0.335 e. The van der Waals surface area contributed by atoms with Gasteiger partial charge in [0, 0.05) is 12.8 Å². The predicted molar refractivity (Wildman–Crippen MR) is 62.0 cm³/mol. The van der Waals surface area contributed by atoms with Gasteiger partial charge in [-0.25, -0.2) is 13.6 Å². The summed E-state index contributed by atoms with van der Waals surface area (Å²) in [7, 11) is 0. The highest BCUT2D eigenvalue weighted by Crippen LogP contribution is 2.44. The molecule has 0 aliphatic heterocycles. The minimum Gasteiger partial charge on any atom is -0.478 e. The van der Waals surface area contributed by atoms with E-state index in [1.165, 1.54) is 6.08 Å². The van der Waals surface area contributed by atoms with Crippen LogP contribution in [0.2, 0.25) is 0 Å². The maximum absolute atomic E-state index is 13.3. The first-order chi connectivity index (χ1) is 7.91. The number of aliphatic carboxylic acids is 1. The molecule has 0 bridgehead atoms. The summed E-state index contributed by atoms with van der Waals surface area (Å²) in [6, 6.07) is 0. The lowest BCUT2D eigenvalue weighted by molar-refractivity contribution is -0.132. The lowest BCUT2D eigenvalue weighted by Gasteiger charge is -2.05. The molecule has 0 aromatic heterocycles. The van der Waals surface area contributed by atoms with E-state index in [0.717, 1.165) is 0 Å². The summed E-state index contributed by atoms with van der Waals surface area (Å²) in [6.45, 7) is 3.51. The third-order valence-electron chi connectivity index (χ3n) is 2.61. The monoisotopic (exact) mass is 242 g/mol. The highest BCUT2D eigenvalue weighted by Gasteiger charge is 2.41. The fourth-order valence-corrected chi connectivity index (χ4v) is 2.00. The molecule has 0 spiro atoms. The molecule has 2 nitrogen and oxygen atoms in total. The number of carbonyl (C=O) groups is 1. The summed E-state index contributed by atoms with van der Waals surface area (Å²) in [5.74, 6) is -3.98. The Balaban J connectivity index is 3.28. The number of allylic oxidation sites excluding steroid dienone is 4. The van der Waals surface area contributed by atoms with Gasteiger partial charge in [0.2, 0.25) is 0 Å². The minimum absolute atomic E-state index is 0.0237. The second kappa shape index (κ2) is 5.25. The van der Waals surface area contributed by atoms with Crippen molar-refractivity contribution in [3.8, 4) is 0 Å². The van der Waals surface area contributed by atoms with Crippen LogP contribution in [-0.2, 0) is 4.79 Å². The van der Waals surface area contributed by atoms with E-state index in [4.69, 9.17) is 5.11 Å². The van der Waals surface area contributed by atoms with Crippen molar-refractivity contribution in [3.05, 3.63) is 34.9 Å². The van der Waals surface area contributed by atoms with Gasteiger partial charge in [0.15, 0.2) is 0 Å². The van der Waals surface area contributed by atoms with Gasteiger partial charge in [0.25, 0.3) is 5.92 Å². The second-order valence-electron chi connectivity index (χ2n) is 4.04. The summed E-state index contributed by atoms with van der Waals surface area (Å²) >= 11 is 0. The largest absolute Gasteiger partial charge is 0.478 e. The number of rotatable bonds is 3. The Kier molecular flexibility index (Phi) is 4.21. The van der Waals surface area contributed by atoms with Crippen LogP contribution in [0.3, 0.4) is 0 Å². The quantitative estimate of drug-likeness (QED) is 0.766. The van der Waals surface area contributed by atoms with Crippen molar-refractivity contribution in [2.45, 2.75) is 39.0 Å². The van der Waals surface area contributed by atoms with Crippen molar-refractivity contribution < 1.29 is 18.7 Å². The predicted octanol–water partition coefficient (Wildman–Crippen LogP) is 3.71. The van der Waals surface area contributed by atoms with Crippen molar-refractivity contribution >= 4 is 5.97 Å². The van der Waals surface area contributed by atoms with Crippen molar-refractivity contribution in [2.75, 3.05) is 0 Å². The first-order valence-electron chi connectivity index (χ1n) is 5.57. The molecule has 4 heteroatoms. The number of hydrogen-bond acceptors (Lipinski definition) is 1. The summed E-state index contributed by atoms with van der Waals surface area (Å²) in [5, 5.41) is 9.04. The van der Waals surface area contributed by atoms with Crippen molar-refractivity contribution in [3.63, 3.8) is 0 Å². The van der Waals surface area contributed by atoms with Gasteiger partial charge in [-0.05, 0) is 24.5 Å². The molecule has 1 aliphatic rings. The topological polar surface area (TPSA) is 37.3 Å². The number of hydrogen-bond donors (Lipinski definition) is 1. The standard InChI is InChI=1S/C13H16F2O2/c1-3-5-9-7-13(14,15)8-11(9)10(6-4-2)12(16)17/h4-6H,3,7-8H2,1-2H3,(H,16,17)/b6-4-,9-5+,11-10+. The molecule has 1 fully saturated rings. The molecule has 0 heterocycles. The van der Waals surface area contributed by atoms with Crippen LogP contribution in [0.4, 0.5) is 8.78 Å². The Bertz CT molecular complexity index is 404. The molecule has 0 amide bonds. The Hall–Kier alpha value is -1.45. The van der Waals surface area contributed by atoms with E-state index in [-0.39, 0.29) is 17.6 Å². The van der Waals surface area contributed by atoms with Gasteiger partial charge in [0.05, 0.1) is 5.57 Å². The van der Waals surface area contributed by atoms with Crippen LogP contribution in [-0.4, -0.2) is 17.0 Å². The lowest BCUT2D eigenvalue weighted by atomic mass is 10.0. The van der Waals surface area contributed by atoms with Crippen LogP contribution in [0.5, 0.6) is 0 Å². The van der Waals surface area contributed by atoms with Crippen molar-refractivity contribution in [1.29, 1.82) is 0 Å². The number of halogens is 2. The van der Waals surface area contributed by atoms with Crippen molar-refractivity contribution in [2.24, 2.45) is 0 Å². The third kappa shape index (κ3) is 3.25. The highest BCUT2D eigenvalue weighted by atomic mass is 19.3. The summed E-state index contributed by atoms with van der Waals surface area (Å²) in [4.78, 5) is 11.1. The van der Waals surface area contributed by atoms with Crippen molar-refractivity contribution in [1.82, 2.24) is 0 Å². The molecule has 1 aliphatic carbocycles. The van der Waals surface area contributed by atoms with Crippen LogP contribution in [0.1, 0.15) is 33.1 Å². The van der Waals surface area contributed by atoms with Gasteiger partial charge < -0.3 is 5.11 Å². The Morgan fingerprint density at radius 2 is 2.12 bits per heavy atom. The molecule has 0 unspecified atom stereocenters. The highest BCUT2D eigenvalue weighted by molar-refractivity contribution is 5.92. The average Bonchev–Trinajstić information content (AvgIpc) is 2.50. The normalized spacial score (nSPS) is 24.6. The molecule has 0 aromatic carbocycles. The van der Waals surface area contributed by atoms with Crippen LogP contribution in [0.25, 0.3) is 0 Å². The Morgan fingerprint density at radius 1 is 1.47 bits per heavy atom. The maximum Gasteiger partial charge on any atom is 0.335 e. The first kappa shape index (κ1) is 13.6. The van der Waals surface area contributed by atoms with E-state index >= 15 is 0 Å². The SMILES string of the molecule is C\C=C/C(C(=O)O)=C1/CC(F)(F)C/C1=C\CC. The van der Waals surface area contributed by atoms with Gasteiger partial charge >= 0.3 is 5.97 Å².